The minimum Gasteiger partial charge on any atom is -0.310 e. The molecule has 0 N–H and O–H groups in total. The summed E-state index contributed by atoms with van der Waals surface area (Å²) in [4.78, 5) is 4.73. The molecule has 0 unspecified atom stereocenters. The Hall–Kier alpha value is -8.14. The third kappa shape index (κ3) is 6.59. The highest BCUT2D eigenvalue weighted by atomic mass is 15.1. The van der Waals surface area contributed by atoms with E-state index < -0.39 is 0 Å². The van der Waals surface area contributed by atoms with E-state index in [2.05, 4.69) is 263 Å². The first-order chi connectivity index (χ1) is 30.3. The van der Waals surface area contributed by atoms with Crippen LogP contribution in [0.2, 0.25) is 0 Å². The van der Waals surface area contributed by atoms with E-state index in [0.717, 1.165) is 45.4 Å². The molecule has 0 aliphatic carbocycles. The van der Waals surface area contributed by atoms with Gasteiger partial charge < -0.3 is 14.4 Å². The maximum atomic E-state index is 2.38. The fourth-order valence-corrected chi connectivity index (χ4v) is 8.94. The molecule has 0 aliphatic rings. The van der Waals surface area contributed by atoms with Crippen molar-refractivity contribution in [1.29, 1.82) is 0 Å². The number of para-hydroxylation sites is 4. The highest BCUT2D eigenvalue weighted by Gasteiger charge is 2.20. The predicted octanol–water partition coefficient (Wildman–Crippen LogP) is 16.2. The third-order valence-electron chi connectivity index (χ3n) is 11.8. The maximum absolute atomic E-state index is 2.38. The van der Waals surface area contributed by atoms with E-state index in [1.165, 1.54) is 49.3 Å². The van der Waals surface area contributed by atoms with Gasteiger partial charge in [-0.05, 0) is 113 Å². The van der Waals surface area contributed by atoms with Gasteiger partial charge >= 0.3 is 0 Å². The quantitative estimate of drug-likeness (QED) is 0.145. The molecule has 11 rings (SSSR count). The van der Waals surface area contributed by atoms with E-state index in [1.807, 2.05) is 0 Å². The lowest BCUT2D eigenvalue weighted by Gasteiger charge is -2.28. The molecule has 0 radical (unpaired) electrons. The minimum absolute atomic E-state index is 1.09. The van der Waals surface area contributed by atoms with Crippen LogP contribution < -0.4 is 9.80 Å². The van der Waals surface area contributed by atoms with Crippen molar-refractivity contribution in [2.24, 2.45) is 0 Å². The van der Waals surface area contributed by atoms with Gasteiger partial charge in [-0.1, -0.05) is 164 Å². The second kappa shape index (κ2) is 15.6. The molecule has 1 aromatic heterocycles. The van der Waals surface area contributed by atoms with Gasteiger partial charge in [0.05, 0.1) is 16.7 Å². The summed E-state index contributed by atoms with van der Waals surface area (Å²) >= 11 is 0. The predicted molar refractivity (Wildman–Crippen MR) is 259 cm³/mol. The normalized spacial score (nSPS) is 11.3. The molecule has 0 bridgehead atoms. The highest BCUT2D eigenvalue weighted by molar-refractivity contribution is 6.10. The van der Waals surface area contributed by atoms with Crippen molar-refractivity contribution < 1.29 is 0 Å². The van der Waals surface area contributed by atoms with Crippen molar-refractivity contribution in [3.8, 4) is 27.9 Å². The summed E-state index contributed by atoms with van der Waals surface area (Å²) in [6.45, 7) is 0. The Morgan fingerprint density at radius 2 is 0.721 bits per heavy atom. The van der Waals surface area contributed by atoms with Gasteiger partial charge in [0, 0.05) is 50.3 Å². The SMILES string of the molecule is c1ccc(-c2ccc(N(c3ccccc3)c3ccc(-c4ccc(N(c5ccccc5)c5ccc6c7ccccc7n(-c7ccccc7)c6c5)cc4)c4ccccc34)cc2)cc1. The van der Waals surface area contributed by atoms with Gasteiger partial charge in [-0.2, -0.15) is 0 Å². The van der Waals surface area contributed by atoms with Gasteiger partial charge in [-0.3, -0.25) is 0 Å². The molecule has 288 valence electrons. The molecule has 1 heterocycles. The van der Waals surface area contributed by atoms with Crippen molar-refractivity contribution in [3.05, 3.63) is 249 Å². The van der Waals surface area contributed by atoms with Crippen LogP contribution >= 0.6 is 0 Å². The van der Waals surface area contributed by atoms with Crippen LogP contribution in [0.1, 0.15) is 0 Å². The largest absolute Gasteiger partial charge is 0.310 e. The number of aromatic nitrogens is 1. The van der Waals surface area contributed by atoms with Crippen molar-refractivity contribution in [2.45, 2.75) is 0 Å². The molecular formula is C58H41N3. The van der Waals surface area contributed by atoms with E-state index in [9.17, 15) is 0 Å². The van der Waals surface area contributed by atoms with Gasteiger partial charge in [-0.15, -0.1) is 0 Å². The van der Waals surface area contributed by atoms with E-state index in [4.69, 9.17) is 0 Å². The molecule has 3 nitrogen and oxygen atoms in total. The fourth-order valence-electron chi connectivity index (χ4n) is 8.94. The molecular weight excluding hydrogens is 739 g/mol. The monoisotopic (exact) mass is 779 g/mol. The number of fused-ring (bicyclic) bond motifs is 4. The highest BCUT2D eigenvalue weighted by Crippen LogP contribution is 2.44. The summed E-state index contributed by atoms with van der Waals surface area (Å²) in [5.41, 5.74) is 14.9. The van der Waals surface area contributed by atoms with Gasteiger partial charge in [0.15, 0.2) is 0 Å². The van der Waals surface area contributed by atoms with Crippen molar-refractivity contribution in [1.82, 2.24) is 4.57 Å². The van der Waals surface area contributed by atoms with Crippen LogP contribution in [0, 0.1) is 0 Å². The third-order valence-corrected chi connectivity index (χ3v) is 11.8. The molecule has 0 aliphatic heterocycles. The minimum atomic E-state index is 1.09. The Kier molecular flexibility index (Phi) is 9.18. The molecule has 0 atom stereocenters. The Morgan fingerprint density at radius 3 is 1.39 bits per heavy atom. The van der Waals surface area contributed by atoms with Crippen molar-refractivity contribution in [3.63, 3.8) is 0 Å². The van der Waals surface area contributed by atoms with E-state index in [1.54, 1.807) is 0 Å². The lowest BCUT2D eigenvalue weighted by molar-refractivity contribution is 1.18. The number of nitrogens with zero attached hydrogens (tertiary/aromatic N) is 3. The van der Waals surface area contributed by atoms with Crippen LogP contribution in [0.25, 0.3) is 60.5 Å². The Bertz CT molecular complexity index is 3270. The maximum Gasteiger partial charge on any atom is 0.0561 e. The molecule has 0 saturated heterocycles. The smallest absolute Gasteiger partial charge is 0.0561 e. The number of hydrogen-bond acceptors (Lipinski definition) is 2. The first kappa shape index (κ1) is 36.0. The van der Waals surface area contributed by atoms with Crippen LogP contribution in [0.5, 0.6) is 0 Å². The molecule has 0 fully saturated rings. The van der Waals surface area contributed by atoms with Crippen molar-refractivity contribution >= 4 is 66.7 Å². The topological polar surface area (TPSA) is 11.4 Å². The Morgan fingerprint density at radius 1 is 0.262 bits per heavy atom. The van der Waals surface area contributed by atoms with Gasteiger partial charge in [-0.25, -0.2) is 0 Å². The van der Waals surface area contributed by atoms with Gasteiger partial charge in [0.2, 0.25) is 0 Å². The summed E-state index contributed by atoms with van der Waals surface area (Å²) in [7, 11) is 0. The van der Waals surface area contributed by atoms with Crippen LogP contribution in [0.15, 0.2) is 249 Å². The zero-order valence-corrected chi connectivity index (χ0v) is 33.5. The van der Waals surface area contributed by atoms with Crippen LogP contribution in [0.3, 0.4) is 0 Å². The number of hydrogen-bond donors (Lipinski definition) is 0. The molecule has 10 aromatic carbocycles. The van der Waals surface area contributed by atoms with E-state index >= 15 is 0 Å². The second-order valence-corrected chi connectivity index (χ2v) is 15.4. The summed E-state index contributed by atoms with van der Waals surface area (Å²) in [5, 5.41) is 4.87. The summed E-state index contributed by atoms with van der Waals surface area (Å²) < 4.78 is 2.38. The molecule has 0 amide bonds. The lowest BCUT2D eigenvalue weighted by atomic mass is 9.96. The van der Waals surface area contributed by atoms with E-state index in [0.29, 0.717) is 0 Å². The van der Waals surface area contributed by atoms with Crippen molar-refractivity contribution in [2.75, 3.05) is 9.80 Å². The first-order valence-corrected chi connectivity index (χ1v) is 20.9. The first-order valence-electron chi connectivity index (χ1n) is 20.9. The molecule has 0 saturated carbocycles. The lowest BCUT2D eigenvalue weighted by Crippen LogP contribution is -2.10. The van der Waals surface area contributed by atoms with Crippen LogP contribution in [-0.2, 0) is 0 Å². The Labute approximate surface area is 356 Å². The number of rotatable bonds is 9. The van der Waals surface area contributed by atoms with Crippen LogP contribution in [0.4, 0.5) is 34.1 Å². The molecule has 3 heteroatoms. The number of benzene rings is 10. The second-order valence-electron chi connectivity index (χ2n) is 15.4. The average Bonchev–Trinajstić information content (AvgIpc) is 3.67. The van der Waals surface area contributed by atoms with Crippen LogP contribution in [-0.4, -0.2) is 4.57 Å². The standard InChI is InChI=1S/C58H41N3/c1-5-17-42(18-6-1)43-29-33-49(34-30-43)60(46-21-9-3-10-22-46)57-40-39-51(52-25-13-14-26-53(52)57)44-31-35-48(36-32-44)59(45-19-7-2-8-20-45)50-37-38-55-54-27-15-16-28-56(54)61(58(55)41-50)47-23-11-4-12-24-47/h1-41H. The van der Waals surface area contributed by atoms with Gasteiger partial charge in [0.1, 0.15) is 0 Å². The summed E-state index contributed by atoms with van der Waals surface area (Å²) in [6.07, 6.45) is 0. The molecule has 61 heavy (non-hydrogen) atoms. The zero-order chi connectivity index (χ0) is 40.5. The number of anilines is 6. The summed E-state index contributed by atoms with van der Waals surface area (Å²) in [6, 6.07) is 89.4. The molecule has 0 spiro atoms. The Balaban J connectivity index is 1.000. The summed E-state index contributed by atoms with van der Waals surface area (Å²) in [5.74, 6) is 0. The van der Waals surface area contributed by atoms with E-state index in [-0.39, 0.29) is 0 Å². The molecule has 11 aromatic rings. The average molecular weight is 780 g/mol. The fraction of sp³-hybridized carbons (Fsp3) is 0. The van der Waals surface area contributed by atoms with Gasteiger partial charge in [0.25, 0.3) is 0 Å². The zero-order valence-electron chi connectivity index (χ0n) is 33.5.